The smallest absolute Gasteiger partial charge is 0.319 e. The van der Waals surface area contributed by atoms with Crippen molar-refractivity contribution in [3.63, 3.8) is 0 Å². The molecule has 4 rings (SSSR count). The van der Waals surface area contributed by atoms with Gasteiger partial charge in [0.25, 0.3) is 0 Å². The molecule has 0 spiro atoms. The van der Waals surface area contributed by atoms with E-state index in [-0.39, 0.29) is 6.03 Å². The van der Waals surface area contributed by atoms with Gasteiger partial charge >= 0.3 is 6.03 Å². The van der Waals surface area contributed by atoms with Crippen LogP contribution in [0.15, 0.2) is 77.8 Å². The first kappa shape index (κ1) is 19.0. The Morgan fingerprint density at radius 3 is 2.76 bits per heavy atom. The molecule has 2 amide bonds. The maximum Gasteiger partial charge on any atom is 0.319 e. The third-order valence-electron chi connectivity index (χ3n) is 4.46. The van der Waals surface area contributed by atoms with Crippen LogP contribution in [0.3, 0.4) is 0 Å². The standard InChI is InChI=1S/C22H21N5OS/c1-29-18-10-5-7-16(15-18)25-22(28)24-14-12-20-26-19-11-6-13-23-21(19)27(20)17-8-3-2-4-9-17/h2-11,13,15H,12,14H2,1H3,(H2,24,25,28). The molecule has 6 nitrogen and oxygen atoms in total. The number of anilines is 1. The predicted molar refractivity (Wildman–Crippen MR) is 118 cm³/mol. The average molecular weight is 404 g/mol. The lowest BCUT2D eigenvalue weighted by Crippen LogP contribution is -2.30. The van der Waals surface area contributed by atoms with Crippen LogP contribution in [-0.2, 0) is 6.42 Å². The van der Waals surface area contributed by atoms with Gasteiger partial charge in [-0.15, -0.1) is 11.8 Å². The Kier molecular flexibility index (Phi) is 5.76. The zero-order valence-corrected chi connectivity index (χ0v) is 16.8. The summed E-state index contributed by atoms with van der Waals surface area (Å²) in [4.78, 5) is 22.6. The Morgan fingerprint density at radius 2 is 1.93 bits per heavy atom. The Hall–Kier alpha value is -3.32. The van der Waals surface area contributed by atoms with Crippen LogP contribution in [0.1, 0.15) is 5.82 Å². The number of thioether (sulfide) groups is 1. The molecule has 0 atom stereocenters. The van der Waals surface area contributed by atoms with E-state index in [9.17, 15) is 4.79 Å². The quantitative estimate of drug-likeness (QED) is 0.465. The second-order valence-corrected chi connectivity index (χ2v) is 7.29. The SMILES string of the molecule is CSc1cccc(NC(=O)NCCc2nc3cccnc3n2-c2ccccc2)c1. The van der Waals surface area contributed by atoms with Gasteiger partial charge in [-0.1, -0.05) is 24.3 Å². The fourth-order valence-corrected chi connectivity index (χ4v) is 3.60. The minimum absolute atomic E-state index is 0.233. The van der Waals surface area contributed by atoms with Gasteiger partial charge in [0.1, 0.15) is 11.3 Å². The van der Waals surface area contributed by atoms with Crippen molar-refractivity contribution in [2.24, 2.45) is 0 Å². The van der Waals surface area contributed by atoms with Crippen molar-refractivity contribution in [1.29, 1.82) is 0 Å². The summed E-state index contributed by atoms with van der Waals surface area (Å²) in [5, 5.41) is 5.78. The minimum atomic E-state index is -0.233. The summed E-state index contributed by atoms with van der Waals surface area (Å²) in [5.74, 6) is 0.856. The van der Waals surface area contributed by atoms with Crippen molar-refractivity contribution in [2.75, 3.05) is 18.1 Å². The highest BCUT2D eigenvalue weighted by Gasteiger charge is 2.13. The molecule has 0 saturated carbocycles. The summed E-state index contributed by atoms with van der Waals surface area (Å²) in [6.07, 6.45) is 4.36. The molecule has 4 aromatic rings. The molecule has 2 N–H and O–H groups in total. The summed E-state index contributed by atoms with van der Waals surface area (Å²) >= 11 is 1.64. The van der Waals surface area contributed by atoms with Crippen LogP contribution in [0, 0.1) is 0 Å². The van der Waals surface area contributed by atoms with E-state index in [4.69, 9.17) is 4.98 Å². The van der Waals surface area contributed by atoms with Gasteiger partial charge in [-0.25, -0.2) is 14.8 Å². The number of hydrogen-bond acceptors (Lipinski definition) is 4. The van der Waals surface area contributed by atoms with E-state index in [0.29, 0.717) is 13.0 Å². The molecule has 2 aromatic heterocycles. The van der Waals surface area contributed by atoms with Crippen LogP contribution in [-0.4, -0.2) is 33.4 Å². The Morgan fingerprint density at radius 1 is 1.07 bits per heavy atom. The zero-order valence-electron chi connectivity index (χ0n) is 16.0. The Labute approximate surface area is 173 Å². The van der Waals surface area contributed by atoms with Crippen molar-refractivity contribution in [3.05, 3.63) is 78.8 Å². The molecule has 2 aromatic carbocycles. The molecule has 0 unspecified atom stereocenters. The number of amides is 2. The first-order valence-electron chi connectivity index (χ1n) is 9.31. The van der Waals surface area contributed by atoms with E-state index in [1.165, 1.54) is 0 Å². The molecule has 0 saturated heterocycles. The molecule has 2 heterocycles. The number of rotatable bonds is 6. The van der Waals surface area contributed by atoms with Gasteiger partial charge in [0, 0.05) is 35.4 Å². The summed E-state index contributed by atoms with van der Waals surface area (Å²) in [6.45, 7) is 0.463. The van der Waals surface area contributed by atoms with Gasteiger partial charge in [0.05, 0.1) is 0 Å². The molecular weight excluding hydrogens is 382 g/mol. The van der Waals surface area contributed by atoms with Gasteiger partial charge in [0.2, 0.25) is 0 Å². The van der Waals surface area contributed by atoms with Crippen molar-refractivity contribution in [3.8, 4) is 5.69 Å². The number of carbonyl (C=O) groups is 1. The van der Waals surface area contributed by atoms with Crippen LogP contribution < -0.4 is 10.6 Å². The molecule has 0 bridgehead atoms. The van der Waals surface area contributed by atoms with Gasteiger partial charge < -0.3 is 10.6 Å². The first-order chi connectivity index (χ1) is 14.2. The highest BCUT2D eigenvalue weighted by atomic mass is 32.2. The molecule has 0 aliphatic carbocycles. The molecular formula is C22H21N5OS. The van der Waals surface area contributed by atoms with Gasteiger partial charge in [-0.05, 0) is 48.7 Å². The lowest BCUT2D eigenvalue weighted by Gasteiger charge is -2.10. The molecule has 0 fully saturated rings. The minimum Gasteiger partial charge on any atom is -0.337 e. The molecule has 0 aliphatic rings. The van der Waals surface area contributed by atoms with Crippen LogP contribution in [0.4, 0.5) is 10.5 Å². The highest BCUT2D eigenvalue weighted by Crippen LogP contribution is 2.20. The molecule has 0 radical (unpaired) electrons. The van der Waals surface area contributed by atoms with Crippen molar-refractivity contribution >= 4 is 34.6 Å². The zero-order chi connectivity index (χ0) is 20.1. The predicted octanol–water partition coefficient (Wildman–Crippen LogP) is 4.51. The fourth-order valence-electron chi connectivity index (χ4n) is 3.14. The summed E-state index contributed by atoms with van der Waals surface area (Å²) in [6, 6.07) is 21.4. The highest BCUT2D eigenvalue weighted by molar-refractivity contribution is 7.98. The number of nitrogens with zero attached hydrogens (tertiary/aromatic N) is 3. The lowest BCUT2D eigenvalue weighted by atomic mass is 10.3. The number of hydrogen-bond donors (Lipinski definition) is 2. The number of carbonyl (C=O) groups excluding carboxylic acids is 1. The third-order valence-corrected chi connectivity index (χ3v) is 5.19. The fraction of sp³-hybridized carbons (Fsp3) is 0.136. The maximum atomic E-state index is 12.3. The van der Waals surface area contributed by atoms with E-state index >= 15 is 0 Å². The third kappa shape index (κ3) is 4.41. The number of imidazole rings is 1. The monoisotopic (exact) mass is 403 g/mol. The first-order valence-corrected chi connectivity index (χ1v) is 10.5. The van der Waals surface area contributed by atoms with Gasteiger partial charge in [-0.3, -0.25) is 4.57 Å². The normalized spacial score (nSPS) is 10.8. The topological polar surface area (TPSA) is 71.8 Å². The van der Waals surface area contributed by atoms with Crippen LogP contribution in [0.25, 0.3) is 16.9 Å². The molecule has 7 heteroatoms. The second-order valence-electron chi connectivity index (χ2n) is 6.41. The number of para-hydroxylation sites is 1. The van der Waals surface area contributed by atoms with Crippen molar-refractivity contribution in [2.45, 2.75) is 11.3 Å². The van der Waals surface area contributed by atoms with Gasteiger partial charge in [-0.2, -0.15) is 0 Å². The number of benzene rings is 2. The Balaban J connectivity index is 1.46. The van der Waals surface area contributed by atoms with Crippen LogP contribution in [0.5, 0.6) is 0 Å². The van der Waals surface area contributed by atoms with Gasteiger partial charge in [0.15, 0.2) is 5.65 Å². The maximum absolute atomic E-state index is 12.3. The lowest BCUT2D eigenvalue weighted by molar-refractivity contribution is 0.252. The summed E-state index contributed by atoms with van der Waals surface area (Å²) < 4.78 is 2.04. The Bertz CT molecular complexity index is 1130. The number of aromatic nitrogens is 3. The summed E-state index contributed by atoms with van der Waals surface area (Å²) in [5.41, 5.74) is 3.42. The number of fused-ring (bicyclic) bond motifs is 1. The largest absolute Gasteiger partial charge is 0.337 e. The van der Waals surface area contributed by atoms with E-state index in [1.807, 2.05) is 77.6 Å². The van der Waals surface area contributed by atoms with E-state index in [2.05, 4.69) is 15.6 Å². The van der Waals surface area contributed by atoms with Crippen molar-refractivity contribution < 1.29 is 4.79 Å². The van der Waals surface area contributed by atoms with Crippen LogP contribution >= 0.6 is 11.8 Å². The number of urea groups is 1. The number of pyridine rings is 1. The van der Waals surface area contributed by atoms with E-state index < -0.39 is 0 Å². The molecule has 0 aliphatic heterocycles. The molecule has 146 valence electrons. The van der Waals surface area contributed by atoms with E-state index in [1.54, 1.807) is 18.0 Å². The summed E-state index contributed by atoms with van der Waals surface area (Å²) in [7, 11) is 0. The second kappa shape index (κ2) is 8.79. The van der Waals surface area contributed by atoms with E-state index in [0.717, 1.165) is 33.3 Å². The van der Waals surface area contributed by atoms with Crippen molar-refractivity contribution in [1.82, 2.24) is 19.9 Å². The molecule has 29 heavy (non-hydrogen) atoms. The average Bonchev–Trinajstić information content (AvgIpc) is 3.12. The number of nitrogens with one attached hydrogen (secondary N) is 2. The van der Waals surface area contributed by atoms with Crippen LogP contribution in [0.2, 0.25) is 0 Å².